The number of fused-ring (bicyclic) bond motifs is 1. The predicted molar refractivity (Wildman–Crippen MR) is 102 cm³/mol. The van der Waals surface area contributed by atoms with Gasteiger partial charge < -0.3 is 15.4 Å². The third-order valence-corrected chi connectivity index (χ3v) is 4.24. The van der Waals surface area contributed by atoms with Crippen molar-refractivity contribution in [3.63, 3.8) is 0 Å². The van der Waals surface area contributed by atoms with E-state index in [0.29, 0.717) is 27.7 Å². The zero-order chi connectivity index (χ0) is 19.6. The number of nitrogens with one attached hydrogen (secondary N) is 2. The molecule has 0 saturated carbocycles. The van der Waals surface area contributed by atoms with Crippen molar-refractivity contribution in [3.8, 4) is 11.3 Å². The molecule has 140 valence electrons. The van der Waals surface area contributed by atoms with Gasteiger partial charge in [-0.2, -0.15) is 0 Å². The van der Waals surface area contributed by atoms with Gasteiger partial charge in [0.2, 0.25) is 5.91 Å². The Morgan fingerprint density at radius 2 is 1.96 bits per heavy atom. The summed E-state index contributed by atoms with van der Waals surface area (Å²) in [6.07, 6.45) is 2.93. The Hall–Kier alpha value is -2.99. The molecule has 4 nitrogen and oxygen atoms in total. The van der Waals surface area contributed by atoms with Crippen LogP contribution >= 0.6 is 0 Å². The number of aryl methyl sites for hydroxylation is 1. The van der Waals surface area contributed by atoms with Crippen LogP contribution in [0.3, 0.4) is 0 Å². The average molecular weight is 370 g/mol. The molecule has 0 fully saturated rings. The zero-order valence-electron chi connectivity index (χ0n) is 15.0. The predicted octanol–water partition coefficient (Wildman–Crippen LogP) is 3.93. The summed E-state index contributed by atoms with van der Waals surface area (Å²) in [7, 11) is 0. The van der Waals surface area contributed by atoms with Crippen LogP contribution in [0.15, 0.2) is 42.5 Å². The van der Waals surface area contributed by atoms with Crippen molar-refractivity contribution < 1.29 is 18.7 Å². The number of rotatable bonds is 5. The maximum atomic E-state index is 14.4. The molecule has 3 rings (SSSR count). The van der Waals surface area contributed by atoms with Gasteiger partial charge in [-0.15, -0.1) is 0 Å². The molecule has 0 aliphatic rings. The summed E-state index contributed by atoms with van der Waals surface area (Å²) in [6.45, 7) is 3.30. The van der Waals surface area contributed by atoms with Crippen molar-refractivity contribution in [2.45, 2.75) is 19.9 Å². The van der Waals surface area contributed by atoms with Crippen LogP contribution in [-0.4, -0.2) is 28.6 Å². The lowest BCUT2D eigenvalue weighted by atomic mass is 10.0. The maximum Gasteiger partial charge on any atom is 0.244 e. The molecule has 3 aromatic rings. The van der Waals surface area contributed by atoms with Gasteiger partial charge in [-0.1, -0.05) is 0 Å². The summed E-state index contributed by atoms with van der Waals surface area (Å²) < 4.78 is 27.7. The molecule has 0 aliphatic heterocycles. The lowest BCUT2D eigenvalue weighted by Gasteiger charge is -2.08. The van der Waals surface area contributed by atoms with Gasteiger partial charge in [-0.05, 0) is 67.4 Å². The van der Waals surface area contributed by atoms with Crippen molar-refractivity contribution in [1.29, 1.82) is 0 Å². The van der Waals surface area contributed by atoms with E-state index in [9.17, 15) is 13.6 Å². The third-order valence-electron chi connectivity index (χ3n) is 4.24. The molecule has 0 spiro atoms. The van der Waals surface area contributed by atoms with E-state index in [2.05, 4.69) is 10.3 Å². The molecule has 1 aromatic heterocycles. The Bertz CT molecular complexity index is 1010. The lowest BCUT2D eigenvalue weighted by Crippen LogP contribution is -2.33. The second kappa shape index (κ2) is 7.72. The Labute approximate surface area is 155 Å². The molecule has 0 bridgehead atoms. The molecule has 27 heavy (non-hydrogen) atoms. The zero-order valence-corrected chi connectivity index (χ0v) is 15.0. The van der Waals surface area contributed by atoms with E-state index in [1.54, 1.807) is 32.1 Å². The van der Waals surface area contributed by atoms with Crippen LogP contribution in [0.4, 0.5) is 8.78 Å². The number of aromatic amines is 1. The van der Waals surface area contributed by atoms with E-state index >= 15 is 0 Å². The van der Waals surface area contributed by atoms with Crippen LogP contribution in [-0.2, 0) is 4.79 Å². The fraction of sp³-hybridized carbons (Fsp3) is 0.190. The number of aliphatic hydroxyl groups excluding tert-OH is 1. The number of amides is 1. The maximum absolute atomic E-state index is 14.4. The Balaban J connectivity index is 2.11. The number of halogens is 2. The van der Waals surface area contributed by atoms with Crippen LogP contribution in [0, 0.1) is 18.6 Å². The summed E-state index contributed by atoms with van der Waals surface area (Å²) in [5.74, 6) is -1.14. The van der Waals surface area contributed by atoms with E-state index < -0.39 is 5.82 Å². The first kappa shape index (κ1) is 18.8. The number of aromatic nitrogens is 1. The molecule has 1 unspecified atom stereocenters. The first-order valence-electron chi connectivity index (χ1n) is 8.56. The van der Waals surface area contributed by atoms with Gasteiger partial charge in [0.1, 0.15) is 11.6 Å². The lowest BCUT2D eigenvalue weighted by molar-refractivity contribution is -0.117. The molecule has 0 aliphatic carbocycles. The van der Waals surface area contributed by atoms with Crippen LogP contribution in [0.1, 0.15) is 18.1 Å². The first-order valence-corrected chi connectivity index (χ1v) is 8.56. The van der Waals surface area contributed by atoms with Crippen molar-refractivity contribution in [3.05, 3.63) is 65.2 Å². The Morgan fingerprint density at radius 1 is 1.26 bits per heavy atom. The van der Waals surface area contributed by atoms with Gasteiger partial charge in [0, 0.05) is 23.1 Å². The smallest absolute Gasteiger partial charge is 0.244 e. The summed E-state index contributed by atoms with van der Waals surface area (Å²) in [5.41, 5.74) is 2.97. The fourth-order valence-corrected chi connectivity index (χ4v) is 2.92. The second-order valence-electron chi connectivity index (χ2n) is 6.52. The van der Waals surface area contributed by atoms with Crippen molar-refractivity contribution in [1.82, 2.24) is 10.3 Å². The minimum atomic E-state index is -0.397. The minimum Gasteiger partial charge on any atom is -0.394 e. The molecule has 0 saturated heterocycles. The first-order chi connectivity index (χ1) is 12.9. The van der Waals surface area contributed by atoms with Crippen LogP contribution in [0.25, 0.3) is 28.2 Å². The molecule has 2 aromatic carbocycles. The molecule has 3 N–H and O–H groups in total. The van der Waals surface area contributed by atoms with E-state index in [1.807, 2.05) is 6.07 Å². The third kappa shape index (κ3) is 4.06. The number of hydrogen-bond acceptors (Lipinski definition) is 2. The molecule has 1 amide bonds. The highest BCUT2D eigenvalue weighted by molar-refractivity contribution is 6.01. The van der Waals surface area contributed by atoms with Gasteiger partial charge >= 0.3 is 0 Å². The van der Waals surface area contributed by atoms with Crippen LogP contribution in [0.2, 0.25) is 0 Å². The molecular weight excluding hydrogens is 350 g/mol. The number of benzene rings is 2. The second-order valence-corrected chi connectivity index (χ2v) is 6.52. The molecular formula is C21H20F2N2O2. The van der Waals surface area contributed by atoms with E-state index in [-0.39, 0.29) is 24.4 Å². The van der Waals surface area contributed by atoms with Gasteiger partial charge in [0.05, 0.1) is 17.8 Å². The minimum absolute atomic E-state index is 0.169. The van der Waals surface area contributed by atoms with Gasteiger partial charge in [0.25, 0.3) is 0 Å². The number of H-pyrrole nitrogens is 1. The van der Waals surface area contributed by atoms with Gasteiger partial charge in [-0.25, -0.2) is 8.78 Å². The SMILES string of the molecule is Cc1cc(F)c2[nH]c(-c3ccc(F)cc3)c(C=CC(=O)NC(C)CO)c2c1. The van der Waals surface area contributed by atoms with Crippen molar-refractivity contribution in [2.75, 3.05) is 6.61 Å². The Kier molecular flexibility index (Phi) is 5.37. The normalized spacial score (nSPS) is 12.6. The summed E-state index contributed by atoms with van der Waals surface area (Å²) >= 11 is 0. The monoisotopic (exact) mass is 370 g/mol. The topological polar surface area (TPSA) is 65.1 Å². The van der Waals surface area contributed by atoms with Crippen LogP contribution in [0.5, 0.6) is 0 Å². The fourth-order valence-electron chi connectivity index (χ4n) is 2.92. The molecule has 1 atom stereocenters. The summed E-state index contributed by atoms with van der Waals surface area (Å²) in [5, 5.41) is 12.3. The highest BCUT2D eigenvalue weighted by atomic mass is 19.1. The molecule has 0 radical (unpaired) electrons. The van der Waals surface area contributed by atoms with Crippen molar-refractivity contribution >= 4 is 22.9 Å². The Morgan fingerprint density at radius 3 is 2.63 bits per heavy atom. The van der Waals surface area contributed by atoms with Crippen LogP contribution < -0.4 is 5.32 Å². The van der Waals surface area contributed by atoms with E-state index in [4.69, 9.17) is 5.11 Å². The number of carbonyl (C=O) groups is 1. The summed E-state index contributed by atoms with van der Waals surface area (Å²) in [4.78, 5) is 15.1. The van der Waals surface area contributed by atoms with E-state index in [1.165, 1.54) is 24.3 Å². The number of aliphatic hydroxyl groups is 1. The van der Waals surface area contributed by atoms with Crippen molar-refractivity contribution in [2.24, 2.45) is 0 Å². The standard InChI is InChI=1S/C21H20F2N2O2/c1-12-9-17-16(7-8-19(27)24-13(2)11-26)20(25-21(17)18(23)10-12)14-3-5-15(22)6-4-14/h3-10,13,25-26H,11H2,1-2H3,(H,24,27). The van der Waals surface area contributed by atoms with Gasteiger partial charge in [0.15, 0.2) is 0 Å². The molecule has 1 heterocycles. The highest BCUT2D eigenvalue weighted by Gasteiger charge is 2.15. The highest BCUT2D eigenvalue weighted by Crippen LogP contribution is 2.33. The number of carbonyl (C=O) groups excluding carboxylic acids is 1. The quantitative estimate of drug-likeness (QED) is 0.596. The molecule has 6 heteroatoms. The largest absolute Gasteiger partial charge is 0.394 e. The van der Waals surface area contributed by atoms with E-state index in [0.717, 1.165) is 5.56 Å². The summed E-state index contributed by atoms with van der Waals surface area (Å²) in [6, 6.07) is 8.72. The van der Waals surface area contributed by atoms with Gasteiger partial charge in [-0.3, -0.25) is 4.79 Å². The number of hydrogen-bond donors (Lipinski definition) is 3. The average Bonchev–Trinajstić information content (AvgIpc) is 2.99.